The van der Waals surface area contributed by atoms with Gasteiger partial charge in [0.1, 0.15) is 6.07 Å². The van der Waals surface area contributed by atoms with Gasteiger partial charge in [0.25, 0.3) is 0 Å². The molecule has 1 aliphatic rings. The maximum Gasteiger partial charge on any atom is 0.176 e. The molecule has 0 N–H and O–H groups in total. The zero-order valence-corrected chi connectivity index (χ0v) is 10.1. The number of nitrogens with zero attached hydrogens (tertiary/aromatic N) is 1. The molecule has 0 aliphatic heterocycles. The highest BCUT2D eigenvalue weighted by Crippen LogP contribution is 2.30. The monoisotopic (exact) mass is 245 g/mol. The summed E-state index contributed by atoms with van der Waals surface area (Å²) in [6, 6.07) is 9.13. The van der Waals surface area contributed by atoms with Crippen LogP contribution < -0.4 is 0 Å². The predicted molar refractivity (Wildman–Crippen MR) is 67.4 cm³/mol. The first-order chi connectivity index (χ1) is 8.20. The Morgan fingerprint density at radius 2 is 2.24 bits per heavy atom. The number of benzene rings is 1. The number of Topliss-reactive ketones (excluding diaryl/α,β-unsaturated/α-hetero) is 1. The lowest BCUT2D eigenvalue weighted by molar-refractivity contribution is -0.120. The molecular weight excluding hydrogens is 234 g/mol. The molecule has 0 spiro atoms. The fourth-order valence-corrected chi connectivity index (χ4v) is 2.01. The van der Waals surface area contributed by atoms with Crippen molar-refractivity contribution in [2.45, 2.75) is 19.3 Å². The third-order valence-electron chi connectivity index (χ3n) is 3.02. The molecule has 17 heavy (non-hydrogen) atoms. The van der Waals surface area contributed by atoms with E-state index >= 15 is 0 Å². The van der Waals surface area contributed by atoms with Gasteiger partial charge < -0.3 is 0 Å². The second-order valence-electron chi connectivity index (χ2n) is 4.22. The van der Waals surface area contributed by atoms with Gasteiger partial charge in [0.05, 0.1) is 5.57 Å². The van der Waals surface area contributed by atoms with Gasteiger partial charge in [-0.15, -0.1) is 0 Å². The first kappa shape index (κ1) is 11.9. The van der Waals surface area contributed by atoms with Crippen molar-refractivity contribution in [2.24, 2.45) is 5.92 Å². The topological polar surface area (TPSA) is 40.9 Å². The van der Waals surface area contributed by atoms with Gasteiger partial charge >= 0.3 is 0 Å². The van der Waals surface area contributed by atoms with E-state index in [0.29, 0.717) is 5.02 Å². The lowest BCUT2D eigenvalue weighted by atomic mass is 9.79. The van der Waals surface area contributed by atoms with Crippen LogP contribution in [0.4, 0.5) is 0 Å². The Morgan fingerprint density at radius 3 is 2.76 bits per heavy atom. The molecule has 3 heteroatoms. The van der Waals surface area contributed by atoms with E-state index in [-0.39, 0.29) is 17.3 Å². The molecule has 0 saturated heterocycles. The zero-order valence-electron chi connectivity index (χ0n) is 9.32. The molecular formula is C14H12ClNO. The first-order valence-corrected chi connectivity index (χ1v) is 6.00. The fraction of sp³-hybridized carbons (Fsp3) is 0.286. The Labute approximate surface area is 106 Å². The van der Waals surface area contributed by atoms with E-state index in [4.69, 9.17) is 16.9 Å². The summed E-state index contributed by atoms with van der Waals surface area (Å²) in [7, 11) is 0. The first-order valence-electron chi connectivity index (χ1n) is 5.62. The van der Waals surface area contributed by atoms with Crippen LogP contribution in [0, 0.1) is 17.2 Å². The van der Waals surface area contributed by atoms with Crippen LogP contribution in [0.25, 0.3) is 6.08 Å². The maximum atomic E-state index is 11.9. The van der Waals surface area contributed by atoms with E-state index in [1.54, 1.807) is 24.3 Å². The van der Waals surface area contributed by atoms with Crippen molar-refractivity contribution in [2.75, 3.05) is 0 Å². The molecule has 1 aromatic rings. The second-order valence-corrected chi connectivity index (χ2v) is 4.65. The van der Waals surface area contributed by atoms with E-state index in [0.717, 1.165) is 24.8 Å². The van der Waals surface area contributed by atoms with Crippen molar-refractivity contribution in [3.63, 3.8) is 0 Å². The van der Waals surface area contributed by atoms with Gasteiger partial charge in [0.2, 0.25) is 0 Å². The number of halogens is 1. The summed E-state index contributed by atoms with van der Waals surface area (Å²) in [4.78, 5) is 11.9. The van der Waals surface area contributed by atoms with Crippen molar-refractivity contribution < 1.29 is 4.79 Å². The summed E-state index contributed by atoms with van der Waals surface area (Å²) < 4.78 is 0. The minimum atomic E-state index is -0.0290. The van der Waals surface area contributed by atoms with E-state index in [2.05, 4.69) is 0 Å². The number of allylic oxidation sites excluding steroid dienone is 1. The average molecular weight is 246 g/mol. The van der Waals surface area contributed by atoms with E-state index in [9.17, 15) is 4.79 Å². The van der Waals surface area contributed by atoms with Gasteiger partial charge in [-0.2, -0.15) is 5.26 Å². The van der Waals surface area contributed by atoms with Crippen molar-refractivity contribution in [3.05, 3.63) is 40.4 Å². The minimum Gasteiger partial charge on any atom is -0.293 e. The summed E-state index contributed by atoms with van der Waals surface area (Å²) in [5.74, 6) is 0.0267. The molecule has 2 nitrogen and oxygen atoms in total. The summed E-state index contributed by atoms with van der Waals surface area (Å²) in [5.41, 5.74) is 1.03. The Bertz CT molecular complexity index is 509. The van der Waals surface area contributed by atoms with Crippen LogP contribution in [0.5, 0.6) is 0 Å². The number of carbonyl (C=O) groups is 1. The SMILES string of the molecule is N#CC(=Cc1cccc(Cl)c1)C(=O)C1CCC1. The molecule has 0 amide bonds. The summed E-state index contributed by atoms with van der Waals surface area (Å²) in [6.45, 7) is 0. The summed E-state index contributed by atoms with van der Waals surface area (Å²) in [5, 5.41) is 9.63. The minimum absolute atomic E-state index is 0.0290. The molecule has 1 aliphatic carbocycles. The molecule has 1 saturated carbocycles. The molecule has 2 rings (SSSR count). The molecule has 0 heterocycles. The Balaban J connectivity index is 2.23. The highest BCUT2D eigenvalue weighted by atomic mass is 35.5. The highest BCUT2D eigenvalue weighted by molar-refractivity contribution is 6.30. The lowest BCUT2D eigenvalue weighted by Gasteiger charge is -2.23. The van der Waals surface area contributed by atoms with Gasteiger partial charge in [-0.3, -0.25) is 4.79 Å². The smallest absolute Gasteiger partial charge is 0.176 e. The van der Waals surface area contributed by atoms with Crippen molar-refractivity contribution in [1.82, 2.24) is 0 Å². The molecule has 0 bridgehead atoms. The molecule has 1 aromatic carbocycles. The quantitative estimate of drug-likeness (QED) is 0.603. The third kappa shape index (κ3) is 2.75. The summed E-state index contributed by atoms with van der Waals surface area (Å²) >= 11 is 5.85. The Kier molecular flexibility index (Phi) is 3.61. The molecule has 0 unspecified atom stereocenters. The average Bonchev–Trinajstić information content (AvgIpc) is 2.23. The van der Waals surface area contributed by atoms with Gasteiger partial charge in [0.15, 0.2) is 5.78 Å². The molecule has 0 aromatic heterocycles. The number of hydrogen-bond acceptors (Lipinski definition) is 2. The largest absolute Gasteiger partial charge is 0.293 e. The van der Waals surface area contributed by atoms with E-state index in [1.807, 2.05) is 12.1 Å². The van der Waals surface area contributed by atoms with Gasteiger partial charge in [-0.25, -0.2) is 0 Å². The maximum absolute atomic E-state index is 11.9. The van der Waals surface area contributed by atoms with Gasteiger partial charge in [0, 0.05) is 10.9 Å². The molecule has 86 valence electrons. The van der Waals surface area contributed by atoms with Crippen molar-refractivity contribution >= 4 is 23.5 Å². The van der Waals surface area contributed by atoms with Crippen molar-refractivity contribution in [1.29, 1.82) is 5.26 Å². The van der Waals surface area contributed by atoms with Crippen LogP contribution in [0.2, 0.25) is 5.02 Å². The predicted octanol–water partition coefficient (Wildman–Crippen LogP) is 3.62. The van der Waals surface area contributed by atoms with Crippen LogP contribution in [0.1, 0.15) is 24.8 Å². The van der Waals surface area contributed by atoms with Crippen LogP contribution in [-0.4, -0.2) is 5.78 Å². The van der Waals surface area contributed by atoms with Gasteiger partial charge in [-0.1, -0.05) is 30.2 Å². The van der Waals surface area contributed by atoms with Crippen LogP contribution in [0.3, 0.4) is 0 Å². The lowest BCUT2D eigenvalue weighted by Crippen LogP contribution is -2.22. The van der Waals surface area contributed by atoms with Gasteiger partial charge in [-0.05, 0) is 36.6 Å². The highest BCUT2D eigenvalue weighted by Gasteiger charge is 2.27. The number of hydrogen-bond donors (Lipinski definition) is 0. The summed E-state index contributed by atoms with van der Waals surface area (Å²) in [6.07, 6.45) is 4.53. The number of nitriles is 1. The normalized spacial score (nSPS) is 16.1. The number of ketones is 1. The fourth-order valence-electron chi connectivity index (χ4n) is 1.81. The standard InChI is InChI=1S/C14H12ClNO/c15-13-6-1-3-10(8-13)7-12(9-16)14(17)11-4-2-5-11/h1,3,6-8,11H,2,4-5H2. The van der Waals surface area contributed by atoms with Crippen LogP contribution in [-0.2, 0) is 4.79 Å². The second kappa shape index (κ2) is 5.16. The molecule has 0 radical (unpaired) electrons. The third-order valence-corrected chi connectivity index (χ3v) is 3.26. The van der Waals surface area contributed by atoms with Crippen LogP contribution in [0.15, 0.2) is 29.8 Å². The van der Waals surface area contributed by atoms with Crippen LogP contribution >= 0.6 is 11.6 Å². The van der Waals surface area contributed by atoms with E-state index < -0.39 is 0 Å². The number of rotatable bonds is 3. The molecule has 1 fully saturated rings. The Morgan fingerprint density at radius 1 is 1.47 bits per heavy atom. The van der Waals surface area contributed by atoms with E-state index in [1.165, 1.54) is 0 Å². The Hall–Kier alpha value is -1.59. The number of carbonyl (C=O) groups excluding carboxylic acids is 1. The zero-order chi connectivity index (χ0) is 12.3. The van der Waals surface area contributed by atoms with Crippen molar-refractivity contribution in [3.8, 4) is 6.07 Å². The molecule has 0 atom stereocenters.